The smallest absolute Gasteiger partial charge is 0.0881 e. The van der Waals surface area contributed by atoms with Gasteiger partial charge in [0.05, 0.1) is 16.8 Å². The summed E-state index contributed by atoms with van der Waals surface area (Å²) in [5, 5.41) is 0.620. The molecule has 0 aliphatic carbocycles. The fourth-order valence-corrected chi connectivity index (χ4v) is 2.20. The van der Waals surface area contributed by atoms with Gasteiger partial charge in [0.25, 0.3) is 0 Å². The lowest BCUT2D eigenvalue weighted by Crippen LogP contribution is -2.29. The predicted octanol–water partition coefficient (Wildman–Crippen LogP) is 2.90. The van der Waals surface area contributed by atoms with Gasteiger partial charge < -0.3 is 0 Å². The van der Waals surface area contributed by atoms with Crippen LogP contribution in [0.4, 0.5) is 0 Å². The Kier molecular flexibility index (Phi) is 3.97. The molecule has 0 fully saturated rings. The Morgan fingerprint density at radius 3 is 2.33 bits per heavy atom. The van der Waals surface area contributed by atoms with Crippen LogP contribution in [0.1, 0.15) is 28.4 Å². The third-order valence-corrected chi connectivity index (χ3v) is 3.01. The quantitative estimate of drug-likeness (QED) is 0.660. The first-order valence-electron chi connectivity index (χ1n) is 5.76. The number of halogens is 1. The minimum absolute atomic E-state index is 0.124. The van der Waals surface area contributed by atoms with E-state index in [1.54, 1.807) is 6.20 Å². The number of hydrogen-bond donors (Lipinski definition) is 2. The largest absolute Gasteiger partial charge is 0.271 e. The van der Waals surface area contributed by atoms with Gasteiger partial charge in [-0.15, -0.1) is 0 Å². The Morgan fingerprint density at radius 1 is 1.17 bits per heavy atom. The van der Waals surface area contributed by atoms with Crippen LogP contribution in [-0.4, -0.2) is 4.98 Å². The molecule has 1 heterocycles. The molecule has 0 aliphatic heterocycles. The number of hydrazine groups is 1. The molecule has 18 heavy (non-hydrogen) atoms. The van der Waals surface area contributed by atoms with Gasteiger partial charge in [-0.3, -0.25) is 10.8 Å². The van der Waals surface area contributed by atoms with Gasteiger partial charge in [-0.25, -0.2) is 5.43 Å². The van der Waals surface area contributed by atoms with Crippen molar-refractivity contribution in [2.24, 2.45) is 5.84 Å². The Bertz CT molecular complexity index is 517. The number of nitrogens with one attached hydrogen (secondary N) is 1. The lowest BCUT2D eigenvalue weighted by molar-refractivity contribution is 0.620. The number of pyridine rings is 1. The fourth-order valence-electron chi connectivity index (χ4n) is 2.09. The highest BCUT2D eigenvalue weighted by Gasteiger charge is 2.14. The Balaban J connectivity index is 2.41. The van der Waals surface area contributed by atoms with Gasteiger partial charge in [0.15, 0.2) is 0 Å². The van der Waals surface area contributed by atoms with Crippen LogP contribution in [0.15, 0.2) is 36.5 Å². The van der Waals surface area contributed by atoms with Crippen LogP contribution < -0.4 is 11.3 Å². The summed E-state index contributed by atoms with van der Waals surface area (Å²) < 4.78 is 0. The number of aryl methyl sites for hydroxylation is 2. The zero-order valence-electron chi connectivity index (χ0n) is 10.4. The number of rotatable bonds is 3. The summed E-state index contributed by atoms with van der Waals surface area (Å²) in [5.41, 5.74) is 7.17. The summed E-state index contributed by atoms with van der Waals surface area (Å²) >= 11 is 5.84. The van der Waals surface area contributed by atoms with E-state index in [0.29, 0.717) is 5.02 Å². The number of aromatic nitrogens is 1. The van der Waals surface area contributed by atoms with Crippen molar-refractivity contribution in [2.75, 3.05) is 0 Å². The van der Waals surface area contributed by atoms with E-state index in [9.17, 15) is 0 Å². The van der Waals surface area contributed by atoms with E-state index in [1.165, 1.54) is 11.1 Å². The molecule has 0 saturated carbocycles. The van der Waals surface area contributed by atoms with Crippen molar-refractivity contribution >= 4 is 11.6 Å². The zero-order chi connectivity index (χ0) is 13.1. The van der Waals surface area contributed by atoms with Crippen molar-refractivity contribution in [1.29, 1.82) is 0 Å². The van der Waals surface area contributed by atoms with Crippen LogP contribution in [0.5, 0.6) is 0 Å². The molecule has 0 radical (unpaired) electrons. The second-order valence-electron chi connectivity index (χ2n) is 4.42. The normalized spacial score (nSPS) is 12.4. The first kappa shape index (κ1) is 13.0. The summed E-state index contributed by atoms with van der Waals surface area (Å²) in [4.78, 5) is 4.31. The van der Waals surface area contributed by atoms with Crippen LogP contribution in [0.3, 0.4) is 0 Å². The van der Waals surface area contributed by atoms with Gasteiger partial charge in [0.2, 0.25) is 0 Å². The van der Waals surface area contributed by atoms with Gasteiger partial charge in [0.1, 0.15) is 0 Å². The van der Waals surface area contributed by atoms with Crippen LogP contribution in [0, 0.1) is 13.8 Å². The second-order valence-corrected chi connectivity index (χ2v) is 4.86. The molecule has 3 nitrogen and oxygen atoms in total. The lowest BCUT2D eigenvalue weighted by Gasteiger charge is -2.17. The third-order valence-electron chi connectivity index (χ3n) is 2.79. The van der Waals surface area contributed by atoms with Crippen molar-refractivity contribution in [1.82, 2.24) is 10.4 Å². The molecule has 3 N–H and O–H groups in total. The van der Waals surface area contributed by atoms with E-state index >= 15 is 0 Å². The predicted molar refractivity (Wildman–Crippen MR) is 74.3 cm³/mol. The molecular weight excluding hydrogens is 246 g/mol. The Hall–Kier alpha value is -1.42. The monoisotopic (exact) mass is 261 g/mol. The number of nitrogens with zero attached hydrogens (tertiary/aromatic N) is 1. The molecule has 0 spiro atoms. The highest BCUT2D eigenvalue weighted by atomic mass is 35.5. The van der Waals surface area contributed by atoms with Gasteiger partial charge in [-0.05, 0) is 31.5 Å². The van der Waals surface area contributed by atoms with Crippen molar-refractivity contribution < 1.29 is 0 Å². The number of hydrogen-bond acceptors (Lipinski definition) is 3. The average Bonchev–Trinajstić information content (AvgIpc) is 2.31. The van der Waals surface area contributed by atoms with E-state index in [4.69, 9.17) is 17.4 Å². The molecule has 0 amide bonds. The third kappa shape index (κ3) is 2.88. The summed E-state index contributed by atoms with van der Waals surface area (Å²) in [5.74, 6) is 5.65. The van der Waals surface area contributed by atoms with Gasteiger partial charge in [-0.1, -0.05) is 40.9 Å². The van der Waals surface area contributed by atoms with E-state index in [1.807, 2.05) is 12.1 Å². The summed E-state index contributed by atoms with van der Waals surface area (Å²) in [6.07, 6.45) is 1.63. The molecule has 1 aromatic carbocycles. The molecule has 1 aromatic heterocycles. The average molecular weight is 262 g/mol. The Morgan fingerprint density at radius 2 is 1.83 bits per heavy atom. The van der Waals surface area contributed by atoms with Crippen LogP contribution in [-0.2, 0) is 0 Å². The highest BCUT2D eigenvalue weighted by molar-refractivity contribution is 6.30. The van der Waals surface area contributed by atoms with Crippen LogP contribution >= 0.6 is 11.6 Å². The van der Waals surface area contributed by atoms with E-state index in [0.717, 1.165) is 11.3 Å². The molecule has 0 bridgehead atoms. The van der Waals surface area contributed by atoms with Gasteiger partial charge in [-0.2, -0.15) is 0 Å². The van der Waals surface area contributed by atoms with Crippen molar-refractivity contribution in [3.8, 4) is 0 Å². The summed E-state index contributed by atoms with van der Waals surface area (Å²) in [6, 6.07) is 9.91. The number of nitrogens with two attached hydrogens (primary N) is 1. The molecule has 1 unspecified atom stereocenters. The van der Waals surface area contributed by atoms with Gasteiger partial charge >= 0.3 is 0 Å². The fraction of sp³-hybridized carbons (Fsp3) is 0.214. The lowest BCUT2D eigenvalue weighted by atomic mass is 9.99. The maximum atomic E-state index is 5.84. The molecule has 2 aromatic rings. The van der Waals surface area contributed by atoms with Gasteiger partial charge in [0, 0.05) is 6.20 Å². The minimum atomic E-state index is -0.124. The van der Waals surface area contributed by atoms with E-state index < -0.39 is 0 Å². The second kappa shape index (κ2) is 5.48. The highest BCUT2D eigenvalue weighted by Crippen LogP contribution is 2.22. The SMILES string of the molecule is Cc1cc(C)cc(C(NN)c2ccc(Cl)cn2)c1. The first-order chi connectivity index (χ1) is 8.60. The zero-order valence-corrected chi connectivity index (χ0v) is 11.2. The first-order valence-corrected chi connectivity index (χ1v) is 6.13. The van der Waals surface area contributed by atoms with Crippen LogP contribution in [0.2, 0.25) is 5.02 Å². The molecule has 4 heteroatoms. The van der Waals surface area contributed by atoms with E-state index in [2.05, 4.69) is 42.5 Å². The van der Waals surface area contributed by atoms with Crippen molar-refractivity contribution in [3.63, 3.8) is 0 Å². The minimum Gasteiger partial charge on any atom is -0.271 e. The topological polar surface area (TPSA) is 50.9 Å². The van der Waals surface area contributed by atoms with Crippen molar-refractivity contribution in [3.05, 3.63) is 63.9 Å². The standard InChI is InChI=1S/C14H16ClN3/c1-9-5-10(2)7-11(6-9)14(18-16)13-4-3-12(15)8-17-13/h3-8,14,18H,16H2,1-2H3. The maximum Gasteiger partial charge on any atom is 0.0881 e. The molecule has 0 aliphatic rings. The Labute approximate surface area is 112 Å². The van der Waals surface area contributed by atoms with Crippen LogP contribution in [0.25, 0.3) is 0 Å². The maximum absolute atomic E-state index is 5.84. The summed E-state index contributed by atoms with van der Waals surface area (Å²) in [6.45, 7) is 4.14. The van der Waals surface area contributed by atoms with Crippen molar-refractivity contribution in [2.45, 2.75) is 19.9 Å². The number of benzene rings is 1. The molecule has 2 rings (SSSR count). The molecular formula is C14H16ClN3. The molecule has 1 atom stereocenters. The summed E-state index contributed by atoms with van der Waals surface area (Å²) in [7, 11) is 0. The molecule has 0 saturated heterocycles. The van der Waals surface area contributed by atoms with E-state index in [-0.39, 0.29) is 6.04 Å². The molecule has 94 valence electrons.